The zero-order chi connectivity index (χ0) is 10.6. The molecule has 1 heterocycles. The first-order valence-corrected chi connectivity index (χ1v) is 4.74. The van der Waals surface area contributed by atoms with E-state index in [2.05, 4.69) is 16.9 Å². The zero-order valence-corrected chi connectivity index (χ0v) is 9.16. The van der Waals surface area contributed by atoms with E-state index in [1.807, 2.05) is 6.92 Å². The number of methoxy groups -OCH3 is 1. The first-order valence-electron chi connectivity index (χ1n) is 4.31. The molecular formula is C9H14ClN3O. The van der Waals surface area contributed by atoms with Gasteiger partial charge < -0.3 is 4.74 Å². The third-order valence-electron chi connectivity index (χ3n) is 1.70. The van der Waals surface area contributed by atoms with Gasteiger partial charge in [-0.2, -0.15) is 0 Å². The van der Waals surface area contributed by atoms with Crippen LogP contribution in [0.25, 0.3) is 0 Å². The molecule has 0 aliphatic carbocycles. The van der Waals surface area contributed by atoms with Crippen LogP contribution in [0, 0.1) is 0 Å². The number of ether oxygens (including phenoxy) is 1. The van der Waals surface area contributed by atoms with E-state index in [0.29, 0.717) is 13.2 Å². The Morgan fingerprint density at radius 2 is 2.50 bits per heavy atom. The van der Waals surface area contributed by atoms with E-state index in [-0.39, 0.29) is 5.38 Å². The summed E-state index contributed by atoms with van der Waals surface area (Å²) >= 11 is 6.08. The quantitative estimate of drug-likeness (QED) is 0.555. The number of rotatable bonds is 5. The van der Waals surface area contributed by atoms with Crippen molar-refractivity contribution >= 4 is 11.6 Å². The van der Waals surface area contributed by atoms with Crippen molar-refractivity contribution in [3.8, 4) is 0 Å². The van der Waals surface area contributed by atoms with Crippen molar-refractivity contribution in [3.63, 3.8) is 0 Å². The lowest BCUT2D eigenvalue weighted by Crippen LogP contribution is -2.10. The summed E-state index contributed by atoms with van der Waals surface area (Å²) in [4.78, 5) is 0. The lowest BCUT2D eigenvalue weighted by Gasteiger charge is -2.10. The molecule has 0 radical (unpaired) electrons. The Labute approximate surface area is 88.5 Å². The van der Waals surface area contributed by atoms with Gasteiger partial charge in [-0.25, -0.2) is 4.68 Å². The first kappa shape index (κ1) is 11.2. The van der Waals surface area contributed by atoms with Gasteiger partial charge >= 0.3 is 0 Å². The van der Waals surface area contributed by atoms with Crippen LogP contribution in [0.5, 0.6) is 0 Å². The molecule has 0 aliphatic rings. The van der Waals surface area contributed by atoms with Crippen molar-refractivity contribution < 1.29 is 4.74 Å². The number of nitrogens with zero attached hydrogens (tertiary/aromatic N) is 3. The summed E-state index contributed by atoms with van der Waals surface area (Å²) in [5, 5.41) is 7.52. The summed E-state index contributed by atoms with van der Waals surface area (Å²) in [6, 6.07) is 0. The molecule has 0 spiro atoms. The second-order valence-electron chi connectivity index (χ2n) is 3.20. The number of hydrogen-bond acceptors (Lipinski definition) is 3. The minimum Gasteiger partial charge on any atom is -0.383 e. The standard InChI is InChI=1S/C9H14ClN3O/c1-7(2)5-13-9(4-11-12-13)8(10)6-14-3/h4,8H,1,5-6H2,2-3H3. The highest BCUT2D eigenvalue weighted by molar-refractivity contribution is 6.20. The van der Waals surface area contributed by atoms with Crippen LogP contribution in [0.3, 0.4) is 0 Å². The highest BCUT2D eigenvalue weighted by atomic mass is 35.5. The van der Waals surface area contributed by atoms with Gasteiger partial charge in [-0.1, -0.05) is 17.4 Å². The average molecular weight is 216 g/mol. The van der Waals surface area contributed by atoms with E-state index >= 15 is 0 Å². The molecule has 0 N–H and O–H groups in total. The molecule has 0 bridgehead atoms. The third-order valence-corrected chi connectivity index (χ3v) is 2.05. The lowest BCUT2D eigenvalue weighted by atomic mass is 10.3. The largest absolute Gasteiger partial charge is 0.383 e. The van der Waals surface area contributed by atoms with Crippen molar-refractivity contribution in [2.24, 2.45) is 0 Å². The SMILES string of the molecule is C=C(C)Cn1nncc1C(Cl)COC. The van der Waals surface area contributed by atoms with Gasteiger partial charge in [-0.05, 0) is 6.92 Å². The molecule has 0 amide bonds. The third kappa shape index (κ3) is 2.82. The van der Waals surface area contributed by atoms with Gasteiger partial charge in [-0.15, -0.1) is 16.7 Å². The number of alkyl halides is 1. The second kappa shape index (κ2) is 5.12. The molecule has 1 aromatic heterocycles. The summed E-state index contributed by atoms with van der Waals surface area (Å²) in [5.41, 5.74) is 1.87. The summed E-state index contributed by atoms with van der Waals surface area (Å²) in [7, 11) is 1.61. The Kier molecular flexibility index (Phi) is 4.10. The summed E-state index contributed by atoms with van der Waals surface area (Å²) in [6.07, 6.45) is 1.65. The monoisotopic (exact) mass is 215 g/mol. The molecule has 1 unspecified atom stereocenters. The van der Waals surface area contributed by atoms with Crippen LogP contribution in [0.1, 0.15) is 18.0 Å². The van der Waals surface area contributed by atoms with Crippen molar-refractivity contribution in [1.29, 1.82) is 0 Å². The summed E-state index contributed by atoms with van der Waals surface area (Å²) in [5.74, 6) is 0. The van der Waals surface area contributed by atoms with Gasteiger partial charge in [0.25, 0.3) is 0 Å². The minimum absolute atomic E-state index is 0.214. The van der Waals surface area contributed by atoms with Gasteiger partial charge in [-0.3, -0.25) is 0 Å². The van der Waals surface area contributed by atoms with Crippen LogP contribution < -0.4 is 0 Å². The Morgan fingerprint density at radius 1 is 1.79 bits per heavy atom. The van der Waals surface area contributed by atoms with Gasteiger partial charge in [0.2, 0.25) is 0 Å². The average Bonchev–Trinajstić information content (AvgIpc) is 2.51. The van der Waals surface area contributed by atoms with Crippen LogP contribution in [0.15, 0.2) is 18.3 Å². The van der Waals surface area contributed by atoms with Crippen LogP contribution in [-0.2, 0) is 11.3 Å². The molecule has 1 atom stereocenters. The lowest BCUT2D eigenvalue weighted by molar-refractivity contribution is 0.196. The normalized spacial score (nSPS) is 12.8. The fourth-order valence-electron chi connectivity index (χ4n) is 1.12. The maximum atomic E-state index is 6.08. The van der Waals surface area contributed by atoms with Crippen LogP contribution in [0.2, 0.25) is 0 Å². The number of hydrogen-bond donors (Lipinski definition) is 0. The smallest absolute Gasteiger partial charge is 0.100 e. The van der Waals surface area contributed by atoms with Gasteiger partial charge in [0, 0.05) is 7.11 Å². The maximum absolute atomic E-state index is 6.08. The van der Waals surface area contributed by atoms with Crippen molar-refractivity contribution in [3.05, 3.63) is 24.0 Å². The van der Waals surface area contributed by atoms with Crippen LogP contribution in [-0.4, -0.2) is 28.7 Å². The number of halogens is 1. The molecule has 1 rings (SSSR count). The predicted molar refractivity (Wildman–Crippen MR) is 55.3 cm³/mol. The van der Waals surface area contributed by atoms with E-state index < -0.39 is 0 Å². The molecule has 5 heteroatoms. The topological polar surface area (TPSA) is 39.9 Å². The highest BCUT2D eigenvalue weighted by Crippen LogP contribution is 2.19. The molecular weight excluding hydrogens is 202 g/mol. The maximum Gasteiger partial charge on any atom is 0.100 e. The van der Waals surface area contributed by atoms with Gasteiger partial charge in [0.15, 0.2) is 0 Å². The van der Waals surface area contributed by atoms with E-state index in [9.17, 15) is 0 Å². The highest BCUT2D eigenvalue weighted by Gasteiger charge is 2.13. The predicted octanol–water partition coefficient (Wildman–Crippen LogP) is 1.78. The zero-order valence-electron chi connectivity index (χ0n) is 8.40. The molecule has 14 heavy (non-hydrogen) atoms. The van der Waals surface area contributed by atoms with Gasteiger partial charge in [0.05, 0.1) is 25.0 Å². The molecule has 4 nitrogen and oxygen atoms in total. The first-order chi connectivity index (χ1) is 6.65. The van der Waals surface area contributed by atoms with E-state index in [1.165, 1.54) is 0 Å². The molecule has 0 fully saturated rings. The Morgan fingerprint density at radius 3 is 3.07 bits per heavy atom. The van der Waals surface area contributed by atoms with Crippen LogP contribution >= 0.6 is 11.6 Å². The van der Waals surface area contributed by atoms with Crippen molar-refractivity contribution in [2.75, 3.05) is 13.7 Å². The Hall–Kier alpha value is -0.870. The van der Waals surface area contributed by atoms with Crippen molar-refractivity contribution in [1.82, 2.24) is 15.0 Å². The molecule has 0 aliphatic heterocycles. The number of aromatic nitrogens is 3. The van der Waals surface area contributed by atoms with E-state index in [0.717, 1.165) is 11.3 Å². The molecule has 0 saturated carbocycles. The Bertz CT molecular complexity index is 311. The second-order valence-corrected chi connectivity index (χ2v) is 3.72. The molecule has 78 valence electrons. The fourth-order valence-corrected chi connectivity index (χ4v) is 1.41. The van der Waals surface area contributed by atoms with E-state index in [1.54, 1.807) is 18.0 Å². The minimum atomic E-state index is -0.214. The van der Waals surface area contributed by atoms with Crippen molar-refractivity contribution in [2.45, 2.75) is 18.8 Å². The van der Waals surface area contributed by atoms with Crippen LogP contribution in [0.4, 0.5) is 0 Å². The Balaban J connectivity index is 2.75. The fraction of sp³-hybridized carbons (Fsp3) is 0.556. The molecule has 0 aromatic carbocycles. The summed E-state index contributed by atoms with van der Waals surface area (Å²) < 4.78 is 6.70. The summed E-state index contributed by atoms with van der Waals surface area (Å²) in [6.45, 7) is 6.84. The van der Waals surface area contributed by atoms with E-state index in [4.69, 9.17) is 16.3 Å². The molecule has 1 aromatic rings. The molecule has 0 saturated heterocycles. The number of allylic oxidation sites excluding steroid dienone is 1. The van der Waals surface area contributed by atoms with Gasteiger partial charge in [0.1, 0.15) is 5.38 Å².